The molecule has 0 aromatic carbocycles. The molecule has 0 saturated heterocycles. The van der Waals surface area contributed by atoms with E-state index in [1.165, 1.54) is 17.8 Å². The van der Waals surface area contributed by atoms with E-state index < -0.39 is 6.04 Å². The predicted molar refractivity (Wildman–Crippen MR) is 105 cm³/mol. The van der Waals surface area contributed by atoms with Crippen LogP contribution in [-0.4, -0.2) is 39.2 Å². The van der Waals surface area contributed by atoms with Gasteiger partial charge in [-0.15, -0.1) is 21.5 Å². The summed E-state index contributed by atoms with van der Waals surface area (Å²) >= 11 is 1.37. The van der Waals surface area contributed by atoms with Crippen molar-refractivity contribution in [3.8, 4) is 0 Å². The summed E-state index contributed by atoms with van der Waals surface area (Å²) in [5.74, 6) is 1.61. The molecular weight excluding hydrogens is 362 g/mol. The Morgan fingerprint density at radius 3 is 2.85 bits per heavy atom. The molecule has 8 heteroatoms. The van der Waals surface area contributed by atoms with Gasteiger partial charge in [0.2, 0.25) is 5.91 Å². The molecule has 1 atom stereocenters. The highest BCUT2D eigenvalue weighted by Crippen LogP contribution is 2.14. The first-order chi connectivity index (χ1) is 13.1. The highest BCUT2D eigenvalue weighted by atomic mass is 32.1. The SMILES string of the molecule is CC(C)C(NC(=O)c1cccs1)C(=O)NCCc1nnc2n1CCCCC2. The van der Waals surface area contributed by atoms with E-state index in [0.717, 1.165) is 37.5 Å². The molecule has 27 heavy (non-hydrogen) atoms. The molecule has 146 valence electrons. The molecule has 1 aliphatic rings. The van der Waals surface area contributed by atoms with Crippen LogP contribution in [0.3, 0.4) is 0 Å². The third-order valence-corrected chi connectivity index (χ3v) is 5.68. The second kappa shape index (κ2) is 9.12. The molecule has 0 bridgehead atoms. The van der Waals surface area contributed by atoms with Gasteiger partial charge in [0, 0.05) is 25.9 Å². The van der Waals surface area contributed by atoms with Crippen molar-refractivity contribution in [1.29, 1.82) is 0 Å². The summed E-state index contributed by atoms with van der Waals surface area (Å²) in [7, 11) is 0. The Kier molecular flexibility index (Phi) is 6.60. The predicted octanol–water partition coefficient (Wildman–Crippen LogP) is 2.18. The van der Waals surface area contributed by atoms with E-state index >= 15 is 0 Å². The number of nitrogens with zero attached hydrogens (tertiary/aromatic N) is 3. The van der Waals surface area contributed by atoms with Gasteiger partial charge in [-0.3, -0.25) is 9.59 Å². The maximum Gasteiger partial charge on any atom is 0.262 e. The fourth-order valence-electron chi connectivity index (χ4n) is 3.29. The van der Waals surface area contributed by atoms with Crippen LogP contribution in [0.2, 0.25) is 0 Å². The van der Waals surface area contributed by atoms with Gasteiger partial charge in [-0.1, -0.05) is 26.3 Å². The molecule has 2 N–H and O–H groups in total. The summed E-state index contributed by atoms with van der Waals surface area (Å²) in [6.07, 6.45) is 5.15. The summed E-state index contributed by atoms with van der Waals surface area (Å²) in [5.41, 5.74) is 0. The van der Waals surface area contributed by atoms with Crippen LogP contribution in [0.1, 0.15) is 54.4 Å². The van der Waals surface area contributed by atoms with Crippen LogP contribution in [0.5, 0.6) is 0 Å². The zero-order chi connectivity index (χ0) is 19.2. The van der Waals surface area contributed by atoms with Crippen molar-refractivity contribution in [1.82, 2.24) is 25.4 Å². The van der Waals surface area contributed by atoms with Crippen molar-refractivity contribution >= 4 is 23.2 Å². The maximum absolute atomic E-state index is 12.6. The number of nitrogens with one attached hydrogen (secondary N) is 2. The van der Waals surface area contributed by atoms with E-state index in [0.29, 0.717) is 17.8 Å². The van der Waals surface area contributed by atoms with Crippen LogP contribution in [0.15, 0.2) is 17.5 Å². The zero-order valence-electron chi connectivity index (χ0n) is 15.9. The van der Waals surface area contributed by atoms with Gasteiger partial charge in [0.25, 0.3) is 5.91 Å². The molecule has 0 fully saturated rings. The average Bonchev–Trinajstić information content (AvgIpc) is 3.25. The molecule has 0 aliphatic carbocycles. The van der Waals surface area contributed by atoms with Crippen molar-refractivity contribution in [2.75, 3.05) is 6.54 Å². The van der Waals surface area contributed by atoms with Crippen molar-refractivity contribution in [3.05, 3.63) is 34.0 Å². The van der Waals surface area contributed by atoms with Gasteiger partial charge in [-0.2, -0.15) is 0 Å². The molecule has 3 heterocycles. The minimum Gasteiger partial charge on any atom is -0.354 e. The van der Waals surface area contributed by atoms with Crippen LogP contribution >= 0.6 is 11.3 Å². The number of aryl methyl sites for hydroxylation is 1. The standard InChI is InChI=1S/C19H27N5O2S/c1-13(2)17(21-18(25)14-7-6-12-27-14)19(26)20-10-9-16-23-22-15-8-4-3-5-11-24(15)16/h6-7,12-13,17H,3-5,8-11H2,1-2H3,(H,20,26)(H,21,25). The van der Waals surface area contributed by atoms with Crippen molar-refractivity contribution in [2.24, 2.45) is 5.92 Å². The topological polar surface area (TPSA) is 88.9 Å². The Morgan fingerprint density at radius 1 is 1.26 bits per heavy atom. The van der Waals surface area contributed by atoms with Crippen molar-refractivity contribution in [3.63, 3.8) is 0 Å². The zero-order valence-corrected chi connectivity index (χ0v) is 16.7. The molecule has 0 saturated carbocycles. The lowest BCUT2D eigenvalue weighted by molar-refractivity contribution is -0.123. The van der Waals surface area contributed by atoms with Crippen molar-refractivity contribution in [2.45, 2.75) is 58.5 Å². The average molecular weight is 390 g/mol. The van der Waals surface area contributed by atoms with Gasteiger partial charge in [0.1, 0.15) is 17.7 Å². The van der Waals surface area contributed by atoms with Crippen molar-refractivity contribution < 1.29 is 9.59 Å². The number of amides is 2. The molecule has 1 aliphatic heterocycles. The van der Waals surface area contributed by atoms with Crippen LogP contribution < -0.4 is 10.6 Å². The summed E-state index contributed by atoms with van der Waals surface area (Å²) in [6.45, 7) is 5.29. The van der Waals surface area contributed by atoms with Crippen LogP contribution in [0, 0.1) is 5.92 Å². The largest absolute Gasteiger partial charge is 0.354 e. The van der Waals surface area contributed by atoms with Gasteiger partial charge in [0.05, 0.1) is 4.88 Å². The third-order valence-electron chi connectivity index (χ3n) is 4.81. The van der Waals surface area contributed by atoms with E-state index in [-0.39, 0.29) is 17.7 Å². The number of hydrogen-bond acceptors (Lipinski definition) is 5. The lowest BCUT2D eigenvalue weighted by Gasteiger charge is -2.21. The van der Waals surface area contributed by atoms with E-state index in [1.54, 1.807) is 6.07 Å². The number of carbonyl (C=O) groups excluding carboxylic acids is 2. The molecule has 2 aromatic rings. The van der Waals surface area contributed by atoms with Gasteiger partial charge < -0.3 is 15.2 Å². The molecule has 0 radical (unpaired) electrons. The minimum atomic E-state index is -0.560. The molecule has 2 amide bonds. The van der Waals surface area contributed by atoms with E-state index in [4.69, 9.17) is 0 Å². The highest BCUT2D eigenvalue weighted by molar-refractivity contribution is 7.12. The Balaban J connectivity index is 1.54. The number of hydrogen-bond donors (Lipinski definition) is 2. The summed E-state index contributed by atoms with van der Waals surface area (Å²) in [6, 6.07) is 3.02. The third kappa shape index (κ3) is 4.94. The molecular formula is C19H27N5O2S. The Bertz CT molecular complexity index is 769. The van der Waals surface area contributed by atoms with Crippen LogP contribution in [0.25, 0.3) is 0 Å². The second-order valence-electron chi connectivity index (χ2n) is 7.21. The van der Waals surface area contributed by atoms with Gasteiger partial charge in [0.15, 0.2) is 0 Å². The van der Waals surface area contributed by atoms with Crippen LogP contribution in [-0.2, 0) is 24.2 Å². The molecule has 2 aromatic heterocycles. The number of thiophene rings is 1. The first-order valence-electron chi connectivity index (χ1n) is 9.59. The van der Waals surface area contributed by atoms with Gasteiger partial charge in [-0.05, 0) is 30.2 Å². The first kappa shape index (κ1) is 19.5. The number of rotatable bonds is 7. The number of fused-ring (bicyclic) bond motifs is 1. The smallest absolute Gasteiger partial charge is 0.262 e. The number of aromatic nitrogens is 3. The Morgan fingerprint density at radius 2 is 2.11 bits per heavy atom. The summed E-state index contributed by atoms with van der Waals surface area (Å²) < 4.78 is 2.19. The van der Waals surface area contributed by atoms with E-state index in [9.17, 15) is 9.59 Å². The highest BCUT2D eigenvalue weighted by Gasteiger charge is 2.25. The van der Waals surface area contributed by atoms with E-state index in [2.05, 4.69) is 25.4 Å². The minimum absolute atomic E-state index is 0.00160. The summed E-state index contributed by atoms with van der Waals surface area (Å²) in [4.78, 5) is 25.5. The first-order valence-corrected chi connectivity index (χ1v) is 10.5. The van der Waals surface area contributed by atoms with Crippen LogP contribution in [0.4, 0.5) is 0 Å². The maximum atomic E-state index is 12.6. The Hall–Kier alpha value is -2.22. The lowest BCUT2D eigenvalue weighted by atomic mass is 10.0. The molecule has 3 rings (SSSR count). The fraction of sp³-hybridized carbons (Fsp3) is 0.579. The fourth-order valence-corrected chi connectivity index (χ4v) is 3.92. The molecule has 0 spiro atoms. The molecule has 1 unspecified atom stereocenters. The lowest BCUT2D eigenvalue weighted by Crippen LogP contribution is -2.50. The monoisotopic (exact) mass is 389 g/mol. The summed E-state index contributed by atoms with van der Waals surface area (Å²) in [5, 5.41) is 16.2. The van der Waals surface area contributed by atoms with Gasteiger partial charge in [-0.25, -0.2) is 0 Å². The second-order valence-corrected chi connectivity index (χ2v) is 8.16. The Labute approximate surface area is 163 Å². The van der Waals surface area contributed by atoms with E-state index in [1.807, 2.05) is 25.3 Å². The number of carbonyl (C=O) groups is 2. The molecule has 7 nitrogen and oxygen atoms in total. The normalized spacial score (nSPS) is 15.1. The van der Waals surface area contributed by atoms with Gasteiger partial charge >= 0.3 is 0 Å². The quantitative estimate of drug-likeness (QED) is 0.760.